The van der Waals surface area contributed by atoms with Gasteiger partial charge >= 0.3 is 5.97 Å². The number of hydrogen-bond donors (Lipinski definition) is 2. The van der Waals surface area contributed by atoms with Crippen LogP contribution in [0.3, 0.4) is 0 Å². The van der Waals surface area contributed by atoms with Crippen LogP contribution in [0.4, 0.5) is 0 Å². The number of fused-ring (bicyclic) bond motifs is 1. The molecule has 2 N–H and O–H groups in total. The Morgan fingerprint density at radius 3 is 2.77 bits per heavy atom. The van der Waals surface area contributed by atoms with Crippen LogP contribution in [0.25, 0.3) is 0 Å². The summed E-state index contributed by atoms with van der Waals surface area (Å²) in [5.41, 5.74) is 0. The summed E-state index contributed by atoms with van der Waals surface area (Å²) in [5.74, 6) is 1.08. The molecule has 1 saturated heterocycles. The first kappa shape index (κ1) is 23.8. The largest absolute Gasteiger partial charge is 0.491 e. The Hall–Kier alpha value is -1.89. The first-order valence-electron chi connectivity index (χ1n) is 11.5. The van der Waals surface area contributed by atoms with Gasteiger partial charge in [0.15, 0.2) is 0 Å². The van der Waals surface area contributed by atoms with E-state index in [0.717, 1.165) is 25.0 Å². The van der Waals surface area contributed by atoms with Crippen LogP contribution in [0.2, 0.25) is 0 Å². The van der Waals surface area contributed by atoms with Gasteiger partial charge in [0.25, 0.3) is 0 Å². The molecular formula is C25H36O6. The molecule has 0 radical (unpaired) electrons. The summed E-state index contributed by atoms with van der Waals surface area (Å²) in [6.45, 7) is 4.50. The van der Waals surface area contributed by atoms with Gasteiger partial charge in [0.2, 0.25) is 0 Å². The Morgan fingerprint density at radius 1 is 1.26 bits per heavy atom. The third kappa shape index (κ3) is 7.34. The quantitative estimate of drug-likeness (QED) is 0.459. The third-order valence-electron chi connectivity index (χ3n) is 6.19. The standard InChI is InChI=1S/C25H36O6/c1-17(2)31-25(28)13-9-18-8-11-22-21(23(27)14-24(22)30-15-18)12-10-19(26)16-29-20-6-4-3-5-7-20/h3-7,10,12,17-19,21-24,26-27H,8-9,11,13-16H2,1-2H3/t18?,19-,21-,22-,23-,24+/m1/s1. The molecule has 1 aromatic rings. The lowest BCUT2D eigenvalue weighted by Crippen LogP contribution is -2.22. The number of aliphatic hydroxyl groups is 2. The summed E-state index contributed by atoms with van der Waals surface area (Å²) in [5, 5.41) is 20.8. The third-order valence-corrected chi connectivity index (χ3v) is 6.19. The lowest BCUT2D eigenvalue weighted by Gasteiger charge is -2.21. The molecule has 6 atom stereocenters. The van der Waals surface area contributed by atoms with Gasteiger partial charge < -0.3 is 24.4 Å². The van der Waals surface area contributed by atoms with Crippen LogP contribution >= 0.6 is 0 Å². The molecule has 0 spiro atoms. The number of carbonyl (C=O) groups is 1. The predicted molar refractivity (Wildman–Crippen MR) is 118 cm³/mol. The van der Waals surface area contributed by atoms with Crippen LogP contribution in [-0.2, 0) is 14.3 Å². The van der Waals surface area contributed by atoms with E-state index in [4.69, 9.17) is 14.2 Å². The fourth-order valence-electron chi connectivity index (χ4n) is 4.60. The highest BCUT2D eigenvalue weighted by Gasteiger charge is 2.43. The maximum absolute atomic E-state index is 11.8. The van der Waals surface area contributed by atoms with E-state index < -0.39 is 12.2 Å². The average Bonchev–Trinajstić information content (AvgIpc) is 2.90. The van der Waals surface area contributed by atoms with E-state index in [-0.39, 0.29) is 36.6 Å². The molecule has 2 fully saturated rings. The van der Waals surface area contributed by atoms with E-state index in [9.17, 15) is 15.0 Å². The van der Waals surface area contributed by atoms with Crippen molar-refractivity contribution >= 4 is 5.97 Å². The predicted octanol–water partition coefficient (Wildman–Crippen LogP) is 3.51. The zero-order chi connectivity index (χ0) is 22.2. The Labute approximate surface area is 185 Å². The van der Waals surface area contributed by atoms with Gasteiger partial charge in [0.05, 0.1) is 18.3 Å². The summed E-state index contributed by atoms with van der Waals surface area (Å²) >= 11 is 0. The van der Waals surface area contributed by atoms with Crippen LogP contribution < -0.4 is 4.74 Å². The number of benzene rings is 1. The molecule has 1 aliphatic carbocycles. The number of ether oxygens (including phenoxy) is 3. The average molecular weight is 433 g/mol. The summed E-state index contributed by atoms with van der Waals surface area (Å²) in [6.07, 6.45) is 6.09. The minimum Gasteiger partial charge on any atom is -0.491 e. The number of rotatable bonds is 9. The van der Waals surface area contributed by atoms with Gasteiger partial charge in [-0.2, -0.15) is 0 Å². The van der Waals surface area contributed by atoms with Crippen molar-refractivity contribution < 1.29 is 29.2 Å². The molecule has 1 saturated carbocycles. The molecular weight excluding hydrogens is 396 g/mol. The molecule has 1 unspecified atom stereocenters. The molecule has 2 aliphatic rings. The van der Waals surface area contributed by atoms with E-state index in [1.54, 1.807) is 6.08 Å². The number of carbonyl (C=O) groups excluding carboxylic acids is 1. The molecule has 0 aromatic heterocycles. The summed E-state index contributed by atoms with van der Waals surface area (Å²) < 4.78 is 17.0. The minimum absolute atomic E-state index is 0.0231. The molecule has 3 rings (SSSR count). The van der Waals surface area contributed by atoms with Crippen LogP contribution in [0, 0.1) is 17.8 Å². The summed E-state index contributed by atoms with van der Waals surface area (Å²) in [4.78, 5) is 11.8. The first-order valence-corrected chi connectivity index (χ1v) is 11.5. The monoisotopic (exact) mass is 432 g/mol. The van der Waals surface area contributed by atoms with Crippen molar-refractivity contribution in [3.05, 3.63) is 42.5 Å². The van der Waals surface area contributed by atoms with Crippen molar-refractivity contribution in [1.82, 2.24) is 0 Å². The van der Waals surface area contributed by atoms with Crippen molar-refractivity contribution in [2.24, 2.45) is 17.8 Å². The number of hydrogen-bond acceptors (Lipinski definition) is 6. The molecule has 31 heavy (non-hydrogen) atoms. The highest BCUT2D eigenvalue weighted by molar-refractivity contribution is 5.69. The van der Waals surface area contributed by atoms with Gasteiger partial charge in [-0.3, -0.25) is 4.79 Å². The number of para-hydroxylation sites is 1. The second-order valence-electron chi connectivity index (χ2n) is 9.01. The second kappa shape index (κ2) is 11.7. The highest BCUT2D eigenvalue weighted by atomic mass is 16.5. The molecule has 6 heteroatoms. The fourth-order valence-corrected chi connectivity index (χ4v) is 4.60. The Balaban J connectivity index is 1.47. The van der Waals surface area contributed by atoms with Crippen molar-refractivity contribution in [3.8, 4) is 5.75 Å². The van der Waals surface area contributed by atoms with Crippen LogP contribution in [-0.4, -0.2) is 53.8 Å². The normalized spacial score (nSPS) is 29.5. The first-order chi connectivity index (χ1) is 14.9. The van der Waals surface area contributed by atoms with Crippen molar-refractivity contribution in [2.45, 2.75) is 70.4 Å². The zero-order valence-corrected chi connectivity index (χ0v) is 18.6. The topological polar surface area (TPSA) is 85.2 Å². The van der Waals surface area contributed by atoms with E-state index in [1.165, 1.54) is 0 Å². The maximum atomic E-state index is 11.8. The van der Waals surface area contributed by atoms with E-state index in [2.05, 4.69) is 0 Å². The minimum atomic E-state index is -0.738. The van der Waals surface area contributed by atoms with Gasteiger partial charge in [0, 0.05) is 25.4 Å². The highest BCUT2D eigenvalue weighted by Crippen LogP contribution is 2.41. The smallest absolute Gasteiger partial charge is 0.306 e. The summed E-state index contributed by atoms with van der Waals surface area (Å²) in [7, 11) is 0. The van der Waals surface area contributed by atoms with Crippen LogP contribution in [0.5, 0.6) is 5.75 Å². The van der Waals surface area contributed by atoms with Crippen LogP contribution in [0.15, 0.2) is 42.5 Å². The molecule has 1 aliphatic heterocycles. The van der Waals surface area contributed by atoms with Gasteiger partial charge in [-0.25, -0.2) is 0 Å². The lowest BCUT2D eigenvalue weighted by atomic mass is 9.86. The van der Waals surface area contributed by atoms with Gasteiger partial charge in [-0.05, 0) is 57.1 Å². The number of aliphatic hydroxyl groups excluding tert-OH is 2. The lowest BCUT2D eigenvalue weighted by molar-refractivity contribution is -0.147. The molecule has 172 valence electrons. The molecule has 1 heterocycles. The van der Waals surface area contributed by atoms with Crippen molar-refractivity contribution in [2.75, 3.05) is 13.2 Å². The van der Waals surface area contributed by atoms with Crippen LogP contribution in [0.1, 0.15) is 46.0 Å². The number of esters is 1. The Kier molecular flexibility index (Phi) is 8.93. The van der Waals surface area contributed by atoms with E-state index in [0.29, 0.717) is 25.4 Å². The SMILES string of the molecule is CC(C)OC(=O)CCC1CC[C@@H]2[C@@H](C=C[C@@H](O)COc3ccccc3)[C@H](O)C[C@@H]2OC1. The molecule has 6 nitrogen and oxygen atoms in total. The Morgan fingerprint density at radius 2 is 2.03 bits per heavy atom. The maximum Gasteiger partial charge on any atom is 0.306 e. The van der Waals surface area contributed by atoms with E-state index >= 15 is 0 Å². The van der Waals surface area contributed by atoms with E-state index in [1.807, 2.05) is 50.3 Å². The fraction of sp³-hybridized carbons (Fsp3) is 0.640. The molecule has 0 amide bonds. The molecule has 0 bridgehead atoms. The van der Waals surface area contributed by atoms with Gasteiger partial charge in [0.1, 0.15) is 18.5 Å². The van der Waals surface area contributed by atoms with Gasteiger partial charge in [-0.1, -0.05) is 30.4 Å². The van der Waals surface area contributed by atoms with Crippen molar-refractivity contribution in [3.63, 3.8) is 0 Å². The molecule has 1 aromatic carbocycles. The zero-order valence-electron chi connectivity index (χ0n) is 18.6. The van der Waals surface area contributed by atoms with Gasteiger partial charge in [-0.15, -0.1) is 0 Å². The second-order valence-corrected chi connectivity index (χ2v) is 9.01. The summed E-state index contributed by atoms with van der Waals surface area (Å²) in [6, 6.07) is 9.39. The van der Waals surface area contributed by atoms with Crippen molar-refractivity contribution in [1.29, 1.82) is 0 Å². The Bertz CT molecular complexity index is 703.